The van der Waals surface area contributed by atoms with Crippen molar-refractivity contribution < 1.29 is 23.0 Å². The normalized spacial score (nSPS) is 22.0. The van der Waals surface area contributed by atoms with Crippen LogP contribution in [0.4, 0.5) is 18.9 Å². The third-order valence-corrected chi connectivity index (χ3v) is 3.94. The first kappa shape index (κ1) is 17.3. The second-order valence-corrected chi connectivity index (χ2v) is 5.41. The largest absolute Gasteiger partial charge is 0.431 e. The number of alkyl halides is 3. The standard InChI is InChI=1S/C16H15F3N4O2/c1-25-13(10-2-6-20-7-3-10)12-14(16(17,18)19)22-23(15(12)24)11-4-8-21-9-5-11/h2-9,12-13,15,24H,1H3. The SMILES string of the molecule is COC(c1ccncc1)C1C(C(F)(F)F)=NN(c2ccncc2)C1O. The van der Waals surface area contributed by atoms with E-state index < -0.39 is 30.1 Å². The van der Waals surface area contributed by atoms with E-state index in [1.54, 1.807) is 12.1 Å². The van der Waals surface area contributed by atoms with Crippen molar-refractivity contribution in [2.24, 2.45) is 11.0 Å². The molecule has 6 nitrogen and oxygen atoms in total. The predicted molar refractivity (Wildman–Crippen MR) is 83.7 cm³/mol. The molecule has 132 valence electrons. The van der Waals surface area contributed by atoms with Crippen LogP contribution in [0, 0.1) is 5.92 Å². The van der Waals surface area contributed by atoms with Crippen molar-refractivity contribution in [3.63, 3.8) is 0 Å². The van der Waals surface area contributed by atoms with E-state index in [-0.39, 0.29) is 0 Å². The summed E-state index contributed by atoms with van der Waals surface area (Å²) in [7, 11) is 1.29. The Morgan fingerprint density at radius 2 is 1.64 bits per heavy atom. The minimum absolute atomic E-state index is 0.302. The molecule has 1 aliphatic rings. The molecule has 3 heterocycles. The van der Waals surface area contributed by atoms with Crippen LogP contribution in [0.2, 0.25) is 0 Å². The van der Waals surface area contributed by atoms with Gasteiger partial charge in [0.15, 0.2) is 11.9 Å². The lowest BCUT2D eigenvalue weighted by Crippen LogP contribution is -2.41. The Morgan fingerprint density at radius 3 is 2.16 bits per heavy atom. The number of rotatable bonds is 4. The minimum atomic E-state index is -4.71. The van der Waals surface area contributed by atoms with Crippen LogP contribution in [0.25, 0.3) is 0 Å². The zero-order valence-electron chi connectivity index (χ0n) is 13.1. The molecule has 25 heavy (non-hydrogen) atoms. The Kier molecular flexibility index (Phi) is 4.69. The monoisotopic (exact) mass is 352 g/mol. The van der Waals surface area contributed by atoms with E-state index in [2.05, 4.69) is 15.1 Å². The summed E-state index contributed by atoms with van der Waals surface area (Å²) in [5.41, 5.74) is -0.327. The smallest absolute Gasteiger partial charge is 0.376 e. The second kappa shape index (κ2) is 6.77. The summed E-state index contributed by atoms with van der Waals surface area (Å²) in [6, 6.07) is 6.03. The van der Waals surface area contributed by atoms with Crippen LogP contribution in [0.5, 0.6) is 0 Å². The van der Waals surface area contributed by atoms with Crippen LogP contribution in [-0.2, 0) is 4.74 Å². The van der Waals surface area contributed by atoms with Gasteiger partial charge >= 0.3 is 6.18 Å². The molecule has 9 heteroatoms. The maximum Gasteiger partial charge on any atom is 0.431 e. The van der Waals surface area contributed by atoms with Crippen molar-refractivity contribution in [3.05, 3.63) is 54.6 Å². The molecule has 0 saturated carbocycles. The highest BCUT2D eigenvalue weighted by Gasteiger charge is 2.53. The van der Waals surface area contributed by atoms with Gasteiger partial charge in [-0.1, -0.05) is 0 Å². The first-order valence-corrected chi connectivity index (χ1v) is 7.39. The zero-order chi connectivity index (χ0) is 18.0. The molecular weight excluding hydrogens is 337 g/mol. The number of halogens is 3. The number of aliphatic hydroxyl groups excluding tert-OH is 1. The summed E-state index contributed by atoms with van der Waals surface area (Å²) >= 11 is 0. The van der Waals surface area contributed by atoms with Gasteiger partial charge in [-0.25, -0.2) is 5.01 Å². The fourth-order valence-electron chi connectivity index (χ4n) is 2.83. The maximum atomic E-state index is 13.5. The maximum absolute atomic E-state index is 13.5. The van der Waals surface area contributed by atoms with Gasteiger partial charge in [-0.3, -0.25) is 9.97 Å². The average Bonchev–Trinajstić information content (AvgIpc) is 2.95. The number of anilines is 1. The number of hydrazone groups is 1. The third-order valence-electron chi connectivity index (χ3n) is 3.94. The van der Waals surface area contributed by atoms with Gasteiger partial charge in [0.1, 0.15) is 0 Å². The zero-order valence-corrected chi connectivity index (χ0v) is 13.1. The van der Waals surface area contributed by atoms with Gasteiger partial charge < -0.3 is 9.84 Å². The summed E-state index contributed by atoms with van der Waals surface area (Å²) in [6.45, 7) is 0. The highest BCUT2D eigenvalue weighted by molar-refractivity contribution is 5.95. The van der Waals surface area contributed by atoms with Crippen LogP contribution in [-0.4, -0.2) is 40.3 Å². The molecule has 3 rings (SSSR count). The molecule has 0 radical (unpaired) electrons. The number of ether oxygens (including phenoxy) is 1. The first-order chi connectivity index (χ1) is 11.9. The lowest BCUT2D eigenvalue weighted by Gasteiger charge is -2.29. The number of methoxy groups -OCH3 is 1. The molecule has 0 fully saturated rings. The van der Waals surface area contributed by atoms with Crippen molar-refractivity contribution in [1.29, 1.82) is 0 Å². The molecule has 0 amide bonds. The number of nitrogens with zero attached hydrogens (tertiary/aromatic N) is 4. The van der Waals surface area contributed by atoms with E-state index in [4.69, 9.17) is 4.74 Å². The molecular formula is C16H15F3N4O2. The van der Waals surface area contributed by atoms with Gasteiger partial charge in [0, 0.05) is 31.9 Å². The topological polar surface area (TPSA) is 70.8 Å². The van der Waals surface area contributed by atoms with E-state index in [0.717, 1.165) is 5.01 Å². The Labute approximate surface area is 141 Å². The molecule has 0 aliphatic carbocycles. The summed E-state index contributed by atoms with van der Waals surface area (Å²) in [4.78, 5) is 7.67. The van der Waals surface area contributed by atoms with Crippen molar-refractivity contribution in [3.8, 4) is 0 Å². The molecule has 3 unspecified atom stereocenters. The Balaban J connectivity index is 2.04. The first-order valence-electron chi connectivity index (χ1n) is 7.39. The third kappa shape index (κ3) is 3.33. The van der Waals surface area contributed by atoms with Crippen molar-refractivity contribution in [1.82, 2.24) is 9.97 Å². The molecule has 1 N–H and O–H groups in total. The Morgan fingerprint density at radius 1 is 1.08 bits per heavy atom. The van der Waals surface area contributed by atoms with Gasteiger partial charge in [-0.05, 0) is 29.8 Å². The molecule has 1 aliphatic heterocycles. The summed E-state index contributed by atoms with van der Waals surface area (Å²) < 4.78 is 45.9. The number of aromatic nitrogens is 2. The van der Waals surface area contributed by atoms with Gasteiger partial charge in [-0.15, -0.1) is 0 Å². The Hall–Kier alpha value is -2.52. The Bertz CT molecular complexity index is 740. The molecule has 2 aromatic rings. The van der Waals surface area contributed by atoms with Gasteiger partial charge in [-0.2, -0.15) is 18.3 Å². The average molecular weight is 352 g/mol. The molecule has 2 aromatic heterocycles. The highest BCUT2D eigenvalue weighted by Crippen LogP contribution is 2.41. The molecule has 0 spiro atoms. The number of hydrogen-bond acceptors (Lipinski definition) is 6. The summed E-state index contributed by atoms with van der Waals surface area (Å²) in [5, 5.41) is 15.2. The van der Waals surface area contributed by atoms with Crippen molar-refractivity contribution in [2.75, 3.05) is 12.1 Å². The van der Waals surface area contributed by atoms with E-state index in [0.29, 0.717) is 11.3 Å². The van der Waals surface area contributed by atoms with Gasteiger partial charge in [0.05, 0.1) is 17.7 Å². The van der Waals surface area contributed by atoms with Crippen LogP contribution in [0.15, 0.2) is 54.2 Å². The summed E-state index contributed by atoms with van der Waals surface area (Å²) in [6.07, 6.45) is -1.56. The molecule has 0 aromatic carbocycles. The minimum Gasteiger partial charge on any atom is -0.376 e. The lowest BCUT2D eigenvalue weighted by atomic mass is 9.90. The van der Waals surface area contributed by atoms with Gasteiger partial charge in [0.25, 0.3) is 0 Å². The van der Waals surface area contributed by atoms with Crippen LogP contribution >= 0.6 is 0 Å². The molecule has 0 saturated heterocycles. The molecule has 3 atom stereocenters. The molecule has 0 bridgehead atoms. The number of hydrogen-bond donors (Lipinski definition) is 1. The van der Waals surface area contributed by atoms with Crippen molar-refractivity contribution >= 4 is 11.4 Å². The van der Waals surface area contributed by atoms with E-state index in [1.165, 1.54) is 44.0 Å². The lowest BCUT2D eigenvalue weighted by molar-refractivity contribution is -0.0714. The van der Waals surface area contributed by atoms with Crippen LogP contribution in [0.3, 0.4) is 0 Å². The van der Waals surface area contributed by atoms with Crippen molar-refractivity contribution in [2.45, 2.75) is 18.5 Å². The fraction of sp³-hybridized carbons (Fsp3) is 0.312. The fourth-order valence-corrected chi connectivity index (χ4v) is 2.83. The highest BCUT2D eigenvalue weighted by atomic mass is 19.4. The van der Waals surface area contributed by atoms with Gasteiger partial charge in [0.2, 0.25) is 0 Å². The van der Waals surface area contributed by atoms with Crippen LogP contribution in [0.1, 0.15) is 11.7 Å². The van der Waals surface area contributed by atoms with E-state index in [1.807, 2.05) is 0 Å². The van der Waals surface area contributed by atoms with Crippen LogP contribution < -0.4 is 5.01 Å². The number of pyridine rings is 2. The van der Waals surface area contributed by atoms with E-state index in [9.17, 15) is 18.3 Å². The van der Waals surface area contributed by atoms with E-state index >= 15 is 0 Å². The second-order valence-electron chi connectivity index (χ2n) is 5.41. The predicted octanol–water partition coefficient (Wildman–Crippen LogP) is 2.54. The quantitative estimate of drug-likeness (QED) is 0.916. The number of aliphatic hydroxyl groups is 1. The summed E-state index contributed by atoms with van der Waals surface area (Å²) in [5.74, 6) is -1.42.